The lowest BCUT2D eigenvalue weighted by atomic mass is 9.96. The summed E-state index contributed by atoms with van der Waals surface area (Å²) in [6.45, 7) is 4.32. The number of rotatable bonds is 3. The topological polar surface area (TPSA) is 54.2 Å². The molecule has 27 heavy (non-hydrogen) atoms. The number of pyridine rings is 1. The number of likely N-dealkylation sites (tertiary alicyclic amines) is 1. The first-order chi connectivity index (χ1) is 13.0. The van der Waals surface area contributed by atoms with Gasteiger partial charge < -0.3 is 16.0 Å². The van der Waals surface area contributed by atoms with E-state index in [4.69, 9.17) is 17.3 Å². The molecule has 5 heteroatoms. The van der Waals surface area contributed by atoms with E-state index in [2.05, 4.69) is 47.4 Å². The third-order valence-electron chi connectivity index (χ3n) is 5.45. The molecular formula is C22H25ClN4. The molecule has 0 spiro atoms. The Hall–Kier alpha value is -2.30. The number of fused-ring (bicyclic) bond motifs is 1. The van der Waals surface area contributed by atoms with Crippen LogP contribution in [0.15, 0.2) is 42.6 Å². The highest BCUT2D eigenvalue weighted by atomic mass is 35.5. The molecule has 2 aromatic carbocycles. The van der Waals surface area contributed by atoms with Gasteiger partial charge in [-0.3, -0.25) is 0 Å². The Morgan fingerprint density at radius 3 is 2.70 bits per heavy atom. The molecule has 0 atom stereocenters. The molecule has 1 fully saturated rings. The first-order valence-corrected chi connectivity index (χ1v) is 9.79. The Morgan fingerprint density at radius 1 is 1.19 bits per heavy atom. The summed E-state index contributed by atoms with van der Waals surface area (Å²) in [5, 5.41) is 6.71. The standard InChI is InChI=1S/C22H25ClN4/c1-14-4-3-5-19(23)22(14)15-10-16-13-25-21(24)12-18(16)20(11-15)26-17-6-8-27(2)9-7-17/h3-5,10-13,17,26H,6-9H2,1-2H3,(H2,24,25). The van der Waals surface area contributed by atoms with Crippen molar-refractivity contribution in [1.82, 2.24) is 9.88 Å². The maximum Gasteiger partial charge on any atom is 0.123 e. The number of piperidine rings is 1. The van der Waals surface area contributed by atoms with Crippen molar-refractivity contribution in [1.29, 1.82) is 0 Å². The molecule has 0 radical (unpaired) electrons. The van der Waals surface area contributed by atoms with Gasteiger partial charge in [-0.25, -0.2) is 4.98 Å². The van der Waals surface area contributed by atoms with Gasteiger partial charge >= 0.3 is 0 Å². The zero-order valence-electron chi connectivity index (χ0n) is 15.8. The second kappa shape index (κ2) is 7.37. The lowest BCUT2D eigenvalue weighted by molar-refractivity contribution is 0.264. The zero-order chi connectivity index (χ0) is 19.0. The summed E-state index contributed by atoms with van der Waals surface area (Å²) in [5.41, 5.74) is 10.4. The highest BCUT2D eigenvalue weighted by Crippen LogP contribution is 2.37. The van der Waals surface area contributed by atoms with Crippen LogP contribution < -0.4 is 11.1 Å². The monoisotopic (exact) mass is 380 g/mol. The normalized spacial score (nSPS) is 16.0. The number of halogens is 1. The van der Waals surface area contributed by atoms with Crippen LogP contribution in [0.1, 0.15) is 18.4 Å². The quantitative estimate of drug-likeness (QED) is 0.674. The van der Waals surface area contributed by atoms with Gasteiger partial charge in [0.1, 0.15) is 5.82 Å². The highest BCUT2D eigenvalue weighted by Gasteiger charge is 2.18. The lowest BCUT2D eigenvalue weighted by Crippen LogP contribution is -2.36. The van der Waals surface area contributed by atoms with E-state index in [1.807, 2.05) is 24.4 Å². The molecule has 4 rings (SSSR count). The number of hydrogen-bond donors (Lipinski definition) is 2. The minimum absolute atomic E-state index is 0.460. The number of benzene rings is 2. The number of hydrogen-bond acceptors (Lipinski definition) is 4. The number of nitrogens with one attached hydrogen (secondary N) is 1. The Morgan fingerprint density at radius 2 is 1.96 bits per heavy atom. The minimum atomic E-state index is 0.460. The molecule has 0 unspecified atom stereocenters. The second-order valence-corrected chi connectivity index (χ2v) is 7.91. The second-order valence-electron chi connectivity index (χ2n) is 7.51. The van der Waals surface area contributed by atoms with Gasteiger partial charge in [-0.1, -0.05) is 23.7 Å². The van der Waals surface area contributed by atoms with E-state index >= 15 is 0 Å². The lowest BCUT2D eigenvalue weighted by Gasteiger charge is -2.30. The van der Waals surface area contributed by atoms with Crippen molar-refractivity contribution in [2.45, 2.75) is 25.8 Å². The smallest absolute Gasteiger partial charge is 0.123 e. The molecule has 4 nitrogen and oxygen atoms in total. The number of aryl methyl sites for hydroxylation is 1. The maximum atomic E-state index is 6.54. The minimum Gasteiger partial charge on any atom is -0.384 e. The fourth-order valence-electron chi connectivity index (χ4n) is 3.91. The Labute approximate surface area is 165 Å². The molecule has 3 N–H and O–H groups in total. The Balaban J connectivity index is 1.81. The summed E-state index contributed by atoms with van der Waals surface area (Å²) < 4.78 is 0. The van der Waals surface area contributed by atoms with Crippen LogP contribution >= 0.6 is 11.6 Å². The van der Waals surface area contributed by atoms with Crippen molar-refractivity contribution in [3.63, 3.8) is 0 Å². The van der Waals surface area contributed by atoms with E-state index in [0.29, 0.717) is 11.9 Å². The summed E-state index contributed by atoms with van der Waals surface area (Å²) in [6.07, 6.45) is 4.11. The number of anilines is 2. The van der Waals surface area contributed by atoms with Crippen LogP contribution in [0.25, 0.3) is 21.9 Å². The van der Waals surface area contributed by atoms with Gasteiger partial charge in [-0.2, -0.15) is 0 Å². The fraction of sp³-hybridized carbons (Fsp3) is 0.318. The van der Waals surface area contributed by atoms with Gasteiger partial charge in [0.25, 0.3) is 0 Å². The maximum absolute atomic E-state index is 6.54. The van der Waals surface area contributed by atoms with Gasteiger partial charge in [-0.05, 0) is 75.3 Å². The number of nitrogen functional groups attached to an aromatic ring is 1. The van der Waals surface area contributed by atoms with Crippen LogP contribution in [0.4, 0.5) is 11.5 Å². The van der Waals surface area contributed by atoms with Crippen molar-refractivity contribution in [3.8, 4) is 11.1 Å². The Kier molecular flexibility index (Phi) is 4.94. The summed E-state index contributed by atoms with van der Waals surface area (Å²) in [7, 11) is 2.18. The molecule has 3 aromatic rings. The van der Waals surface area contributed by atoms with Crippen molar-refractivity contribution < 1.29 is 0 Å². The van der Waals surface area contributed by atoms with Gasteiger partial charge in [0.05, 0.1) is 0 Å². The molecular weight excluding hydrogens is 356 g/mol. The average Bonchev–Trinajstić information content (AvgIpc) is 2.64. The van der Waals surface area contributed by atoms with E-state index in [1.54, 1.807) is 0 Å². The van der Waals surface area contributed by atoms with Gasteiger partial charge in [0, 0.05) is 39.3 Å². The zero-order valence-corrected chi connectivity index (χ0v) is 16.6. The van der Waals surface area contributed by atoms with E-state index in [9.17, 15) is 0 Å². The average molecular weight is 381 g/mol. The molecule has 0 saturated carbocycles. The molecule has 2 heterocycles. The summed E-state index contributed by atoms with van der Waals surface area (Å²) in [5.74, 6) is 0.538. The summed E-state index contributed by atoms with van der Waals surface area (Å²) in [6, 6.07) is 12.8. The third kappa shape index (κ3) is 3.73. The fourth-order valence-corrected chi connectivity index (χ4v) is 4.24. The van der Waals surface area contributed by atoms with Crippen molar-refractivity contribution >= 4 is 33.9 Å². The largest absolute Gasteiger partial charge is 0.384 e. The molecule has 0 amide bonds. The van der Waals surface area contributed by atoms with E-state index < -0.39 is 0 Å². The van der Waals surface area contributed by atoms with Crippen LogP contribution in [0.5, 0.6) is 0 Å². The van der Waals surface area contributed by atoms with Crippen molar-refractivity contribution in [3.05, 3.63) is 53.2 Å². The highest BCUT2D eigenvalue weighted by molar-refractivity contribution is 6.33. The molecule has 1 saturated heterocycles. The molecule has 0 bridgehead atoms. The van der Waals surface area contributed by atoms with E-state index in [-0.39, 0.29) is 0 Å². The van der Waals surface area contributed by atoms with Gasteiger partial charge in [0.2, 0.25) is 0 Å². The van der Waals surface area contributed by atoms with E-state index in [1.165, 1.54) is 0 Å². The van der Waals surface area contributed by atoms with Gasteiger partial charge in [-0.15, -0.1) is 0 Å². The SMILES string of the molecule is Cc1cccc(Cl)c1-c1cc(NC2CCN(C)CC2)c2cc(N)ncc2c1. The van der Waals surface area contributed by atoms with Crippen LogP contribution in [-0.2, 0) is 0 Å². The number of aromatic nitrogens is 1. The molecule has 1 aliphatic rings. The van der Waals surface area contributed by atoms with Crippen LogP contribution in [0, 0.1) is 6.92 Å². The first-order valence-electron chi connectivity index (χ1n) is 9.41. The molecule has 140 valence electrons. The predicted octanol–water partition coefficient (Wildman–Crippen LogP) is 4.95. The van der Waals surface area contributed by atoms with Crippen LogP contribution in [0.3, 0.4) is 0 Å². The predicted molar refractivity (Wildman–Crippen MR) is 115 cm³/mol. The molecule has 1 aliphatic heterocycles. The third-order valence-corrected chi connectivity index (χ3v) is 5.76. The first kappa shape index (κ1) is 18.1. The molecule has 0 aliphatic carbocycles. The Bertz CT molecular complexity index is 957. The summed E-state index contributed by atoms with van der Waals surface area (Å²) >= 11 is 6.54. The van der Waals surface area contributed by atoms with Crippen LogP contribution in [0.2, 0.25) is 5.02 Å². The van der Waals surface area contributed by atoms with E-state index in [0.717, 1.165) is 64.1 Å². The van der Waals surface area contributed by atoms with Crippen molar-refractivity contribution in [2.24, 2.45) is 0 Å². The van der Waals surface area contributed by atoms with Crippen molar-refractivity contribution in [2.75, 3.05) is 31.2 Å². The number of nitrogens with zero attached hydrogens (tertiary/aromatic N) is 2. The van der Waals surface area contributed by atoms with Gasteiger partial charge in [0.15, 0.2) is 0 Å². The summed E-state index contributed by atoms with van der Waals surface area (Å²) in [4.78, 5) is 6.67. The number of nitrogens with two attached hydrogens (primary N) is 1. The van der Waals surface area contributed by atoms with Crippen LogP contribution in [-0.4, -0.2) is 36.1 Å². The molecule has 1 aromatic heterocycles.